The zero-order valence-corrected chi connectivity index (χ0v) is 10.1. The third-order valence-electron chi connectivity index (χ3n) is 3.07. The molecule has 2 atom stereocenters. The van der Waals surface area contributed by atoms with E-state index in [9.17, 15) is 4.79 Å². The van der Waals surface area contributed by atoms with Gasteiger partial charge in [0.25, 0.3) is 0 Å². The number of rotatable bonds is 5. The molecule has 0 spiro atoms. The maximum absolute atomic E-state index is 12.2. The highest BCUT2D eigenvalue weighted by Crippen LogP contribution is 2.22. The molecular weight excluding hydrogens is 218 g/mol. The molecule has 0 aliphatic carbocycles. The van der Waals surface area contributed by atoms with Crippen LogP contribution in [0.2, 0.25) is 0 Å². The van der Waals surface area contributed by atoms with Crippen molar-refractivity contribution in [2.75, 3.05) is 6.54 Å². The van der Waals surface area contributed by atoms with E-state index in [0.717, 1.165) is 25.8 Å². The summed E-state index contributed by atoms with van der Waals surface area (Å²) in [6, 6.07) is 1.76. The quantitative estimate of drug-likeness (QED) is 0.775. The Morgan fingerprint density at radius 2 is 2.47 bits per heavy atom. The summed E-state index contributed by atoms with van der Waals surface area (Å²) in [6.45, 7) is 3.31. The standard InChI is InChI=1S/C12H19N3O2/c1-2-7-15-10(5-6-14-15)12(16)11-4-3-9(8-13)17-11/h5-6,9,11H,2-4,7-8,13H2,1H3. The van der Waals surface area contributed by atoms with Crippen molar-refractivity contribution in [2.24, 2.45) is 5.73 Å². The third kappa shape index (κ3) is 2.56. The molecule has 17 heavy (non-hydrogen) atoms. The second-order valence-corrected chi connectivity index (χ2v) is 4.36. The molecule has 0 aromatic carbocycles. The smallest absolute Gasteiger partial charge is 0.209 e. The average molecular weight is 237 g/mol. The van der Waals surface area contributed by atoms with Crippen LogP contribution in [0.5, 0.6) is 0 Å². The molecule has 0 saturated carbocycles. The molecular formula is C12H19N3O2. The first-order chi connectivity index (χ1) is 8.26. The van der Waals surface area contributed by atoms with Gasteiger partial charge < -0.3 is 10.5 Å². The maximum atomic E-state index is 12.2. The van der Waals surface area contributed by atoms with Crippen molar-refractivity contribution in [1.29, 1.82) is 0 Å². The lowest BCUT2D eigenvalue weighted by Gasteiger charge is -2.12. The normalized spacial score (nSPS) is 24.1. The summed E-state index contributed by atoms with van der Waals surface area (Å²) in [4.78, 5) is 12.2. The molecule has 5 heteroatoms. The van der Waals surface area contributed by atoms with Crippen molar-refractivity contribution < 1.29 is 9.53 Å². The fourth-order valence-corrected chi connectivity index (χ4v) is 2.17. The topological polar surface area (TPSA) is 70.1 Å². The summed E-state index contributed by atoms with van der Waals surface area (Å²) in [7, 11) is 0. The van der Waals surface area contributed by atoms with Crippen LogP contribution in [-0.2, 0) is 11.3 Å². The van der Waals surface area contributed by atoms with E-state index >= 15 is 0 Å². The van der Waals surface area contributed by atoms with E-state index in [-0.39, 0.29) is 18.0 Å². The van der Waals surface area contributed by atoms with Crippen LogP contribution in [0, 0.1) is 0 Å². The van der Waals surface area contributed by atoms with E-state index in [0.29, 0.717) is 12.2 Å². The summed E-state index contributed by atoms with van der Waals surface area (Å²) in [5.74, 6) is 0.0342. The van der Waals surface area contributed by atoms with Crippen molar-refractivity contribution in [1.82, 2.24) is 9.78 Å². The second kappa shape index (κ2) is 5.42. The third-order valence-corrected chi connectivity index (χ3v) is 3.07. The zero-order valence-electron chi connectivity index (χ0n) is 10.1. The molecule has 1 aromatic rings. The van der Waals surface area contributed by atoms with Crippen LogP contribution in [0.15, 0.2) is 12.3 Å². The predicted octanol–water partition coefficient (Wildman–Crippen LogP) is 0.982. The van der Waals surface area contributed by atoms with Gasteiger partial charge in [-0.1, -0.05) is 6.92 Å². The number of nitrogens with zero attached hydrogens (tertiary/aromatic N) is 2. The number of hydrogen-bond donors (Lipinski definition) is 1. The Morgan fingerprint density at radius 3 is 3.12 bits per heavy atom. The molecule has 0 amide bonds. The first-order valence-corrected chi connectivity index (χ1v) is 6.17. The number of carbonyl (C=O) groups is 1. The molecule has 94 valence electrons. The number of ketones is 1. The summed E-state index contributed by atoms with van der Waals surface area (Å²) >= 11 is 0. The predicted molar refractivity (Wildman–Crippen MR) is 63.8 cm³/mol. The molecule has 0 bridgehead atoms. The monoisotopic (exact) mass is 237 g/mol. The molecule has 2 unspecified atom stereocenters. The van der Waals surface area contributed by atoms with E-state index in [1.165, 1.54) is 0 Å². The second-order valence-electron chi connectivity index (χ2n) is 4.36. The molecule has 2 rings (SSSR count). The van der Waals surface area contributed by atoms with Crippen molar-refractivity contribution in [3.8, 4) is 0 Å². The Hall–Kier alpha value is -1.20. The largest absolute Gasteiger partial charge is 0.365 e. The Kier molecular flexibility index (Phi) is 3.91. The van der Waals surface area contributed by atoms with Crippen molar-refractivity contribution in [3.63, 3.8) is 0 Å². The van der Waals surface area contributed by atoms with Crippen LogP contribution in [0.4, 0.5) is 0 Å². The van der Waals surface area contributed by atoms with Gasteiger partial charge in [-0.05, 0) is 25.3 Å². The van der Waals surface area contributed by atoms with Gasteiger partial charge in [0.15, 0.2) is 0 Å². The van der Waals surface area contributed by atoms with Crippen LogP contribution in [0.3, 0.4) is 0 Å². The number of aryl methyl sites for hydroxylation is 1. The van der Waals surface area contributed by atoms with Crippen molar-refractivity contribution >= 4 is 5.78 Å². The summed E-state index contributed by atoms with van der Waals surface area (Å²) in [5, 5.41) is 4.15. The minimum atomic E-state index is -0.337. The molecule has 0 radical (unpaired) electrons. The Balaban J connectivity index is 2.06. The van der Waals surface area contributed by atoms with Gasteiger partial charge in [0.1, 0.15) is 11.8 Å². The highest BCUT2D eigenvalue weighted by molar-refractivity contribution is 5.98. The number of ether oxygens (including phenoxy) is 1. The van der Waals surface area contributed by atoms with Gasteiger partial charge >= 0.3 is 0 Å². The van der Waals surface area contributed by atoms with Gasteiger partial charge in [-0.15, -0.1) is 0 Å². The molecule has 2 N–H and O–H groups in total. The lowest BCUT2D eigenvalue weighted by atomic mass is 10.1. The lowest BCUT2D eigenvalue weighted by Crippen LogP contribution is -2.27. The molecule has 2 heterocycles. The van der Waals surface area contributed by atoms with Crippen LogP contribution >= 0.6 is 0 Å². The average Bonchev–Trinajstić information content (AvgIpc) is 2.97. The Bertz CT molecular complexity index is 389. The van der Waals surface area contributed by atoms with E-state index in [1.807, 2.05) is 0 Å². The number of Topliss-reactive ketones (excluding diaryl/α,β-unsaturated/α-hetero) is 1. The van der Waals surface area contributed by atoms with E-state index in [4.69, 9.17) is 10.5 Å². The highest BCUT2D eigenvalue weighted by Gasteiger charge is 2.31. The fourth-order valence-electron chi connectivity index (χ4n) is 2.17. The molecule has 1 aliphatic heterocycles. The number of nitrogens with two attached hydrogens (primary N) is 1. The van der Waals surface area contributed by atoms with Crippen LogP contribution < -0.4 is 5.73 Å². The van der Waals surface area contributed by atoms with Gasteiger partial charge in [-0.25, -0.2) is 0 Å². The first-order valence-electron chi connectivity index (χ1n) is 6.17. The molecule has 1 aromatic heterocycles. The summed E-state index contributed by atoms with van der Waals surface area (Å²) in [5.41, 5.74) is 6.19. The minimum absolute atomic E-state index is 0.0338. The minimum Gasteiger partial charge on any atom is -0.365 e. The van der Waals surface area contributed by atoms with E-state index in [2.05, 4.69) is 12.0 Å². The Labute approximate surface area is 101 Å². The van der Waals surface area contributed by atoms with Gasteiger partial charge in [0.05, 0.1) is 6.10 Å². The molecule has 5 nitrogen and oxygen atoms in total. The van der Waals surface area contributed by atoms with Gasteiger partial charge in [-0.2, -0.15) is 5.10 Å². The van der Waals surface area contributed by atoms with Gasteiger partial charge in [0.2, 0.25) is 5.78 Å². The number of carbonyl (C=O) groups excluding carboxylic acids is 1. The fraction of sp³-hybridized carbons (Fsp3) is 0.667. The summed E-state index contributed by atoms with van der Waals surface area (Å²) < 4.78 is 7.37. The van der Waals surface area contributed by atoms with Crippen molar-refractivity contribution in [2.45, 2.75) is 44.9 Å². The van der Waals surface area contributed by atoms with Gasteiger partial charge in [-0.3, -0.25) is 9.48 Å². The van der Waals surface area contributed by atoms with E-state index in [1.54, 1.807) is 16.9 Å². The Morgan fingerprint density at radius 1 is 1.65 bits per heavy atom. The SMILES string of the molecule is CCCn1nccc1C(=O)C1CCC(CN)O1. The maximum Gasteiger partial charge on any atom is 0.209 e. The van der Waals surface area contributed by atoms with E-state index < -0.39 is 0 Å². The lowest BCUT2D eigenvalue weighted by molar-refractivity contribution is 0.0395. The highest BCUT2D eigenvalue weighted by atomic mass is 16.5. The van der Waals surface area contributed by atoms with Crippen LogP contribution in [0.1, 0.15) is 36.7 Å². The molecule has 1 aliphatic rings. The van der Waals surface area contributed by atoms with Gasteiger partial charge in [0, 0.05) is 19.3 Å². The van der Waals surface area contributed by atoms with Crippen LogP contribution in [-0.4, -0.2) is 34.3 Å². The van der Waals surface area contributed by atoms with Crippen molar-refractivity contribution in [3.05, 3.63) is 18.0 Å². The zero-order chi connectivity index (χ0) is 12.3. The van der Waals surface area contributed by atoms with Crippen LogP contribution in [0.25, 0.3) is 0 Å². The first kappa shape index (κ1) is 12.3. The molecule has 1 saturated heterocycles. The number of aromatic nitrogens is 2. The molecule has 1 fully saturated rings. The summed E-state index contributed by atoms with van der Waals surface area (Å²) in [6.07, 6.45) is 3.95. The number of hydrogen-bond acceptors (Lipinski definition) is 4.